The molecule has 0 spiro atoms. The minimum Gasteiger partial charge on any atom is -0.352 e. The van der Waals surface area contributed by atoms with Gasteiger partial charge in [-0.2, -0.15) is 0 Å². The van der Waals surface area contributed by atoms with E-state index in [1.165, 1.54) is 10.5 Å². The largest absolute Gasteiger partial charge is 0.352 e. The van der Waals surface area contributed by atoms with E-state index >= 15 is 0 Å². The smallest absolute Gasteiger partial charge is 0.267 e. The van der Waals surface area contributed by atoms with E-state index in [0.717, 1.165) is 22.3 Å². The minimum absolute atomic E-state index is 0.0186. The van der Waals surface area contributed by atoms with Gasteiger partial charge in [0.25, 0.3) is 11.5 Å². The van der Waals surface area contributed by atoms with Gasteiger partial charge in [-0.05, 0) is 49.1 Å². The lowest BCUT2D eigenvalue weighted by molar-refractivity contribution is 0.0951. The highest BCUT2D eigenvalue weighted by molar-refractivity contribution is 5.96. The summed E-state index contributed by atoms with van der Waals surface area (Å²) in [4.78, 5) is 31.5. The second kappa shape index (κ2) is 9.62. The molecule has 180 valence electrons. The maximum atomic E-state index is 13.5. The summed E-state index contributed by atoms with van der Waals surface area (Å²) in [6.07, 6.45) is 2.35. The number of fused-ring (bicyclic) bond motifs is 2. The van der Waals surface area contributed by atoms with Crippen LogP contribution in [0, 0.1) is 19.3 Å². The molecular formula is C29H27N5O2. The van der Waals surface area contributed by atoms with Gasteiger partial charge in [0.2, 0.25) is 0 Å². The van der Waals surface area contributed by atoms with Gasteiger partial charge in [0.05, 0.1) is 17.5 Å². The first kappa shape index (κ1) is 23.2. The Morgan fingerprint density at radius 2 is 1.69 bits per heavy atom. The third-order valence-electron chi connectivity index (χ3n) is 6.38. The van der Waals surface area contributed by atoms with E-state index in [1.54, 1.807) is 16.8 Å². The molecule has 3 aromatic heterocycles. The summed E-state index contributed by atoms with van der Waals surface area (Å²) in [6.45, 7) is 4.65. The van der Waals surface area contributed by atoms with Crippen LogP contribution in [-0.2, 0) is 13.0 Å². The lowest BCUT2D eigenvalue weighted by Crippen LogP contribution is -2.36. The average molecular weight is 478 g/mol. The third kappa shape index (κ3) is 4.43. The van der Waals surface area contributed by atoms with E-state index in [4.69, 9.17) is 10.4 Å². The number of nitrogens with one attached hydrogen (secondary N) is 2. The van der Waals surface area contributed by atoms with E-state index in [-0.39, 0.29) is 22.5 Å². The molecular weight excluding hydrogens is 450 g/mol. The zero-order chi connectivity index (χ0) is 25.2. The van der Waals surface area contributed by atoms with Crippen LogP contribution in [0.2, 0.25) is 0 Å². The Morgan fingerprint density at radius 3 is 2.44 bits per heavy atom. The van der Waals surface area contributed by atoms with Crippen molar-refractivity contribution in [2.24, 2.45) is 0 Å². The predicted octanol–water partition coefficient (Wildman–Crippen LogP) is 3.77. The Labute approximate surface area is 208 Å². The third-order valence-corrected chi connectivity index (χ3v) is 6.38. The van der Waals surface area contributed by atoms with E-state index in [0.29, 0.717) is 36.2 Å². The van der Waals surface area contributed by atoms with Crippen LogP contribution in [0.4, 0.5) is 0 Å². The second-order valence-corrected chi connectivity index (χ2v) is 9.01. The molecule has 7 heteroatoms. The molecule has 0 aliphatic heterocycles. The van der Waals surface area contributed by atoms with Crippen molar-refractivity contribution >= 4 is 22.6 Å². The molecule has 0 fully saturated rings. The highest BCUT2D eigenvalue weighted by atomic mass is 16.1. The number of hydrogen-bond acceptors (Lipinski definition) is 4. The molecule has 36 heavy (non-hydrogen) atoms. The predicted molar refractivity (Wildman–Crippen MR) is 140 cm³/mol. The Balaban J connectivity index is 1.62. The average Bonchev–Trinajstić information content (AvgIpc) is 2.88. The van der Waals surface area contributed by atoms with Crippen LogP contribution in [0.1, 0.15) is 32.6 Å². The molecule has 0 radical (unpaired) electrons. The lowest BCUT2D eigenvalue weighted by Gasteiger charge is -2.15. The second-order valence-electron chi connectivity index (χ2n) is 9.01. The zero-order valence-electron chi connectivity index (χ0n) is 20.3. The van der Waals surface area contributed by atoms with Gasteiger partial charge in [0.1, 0.15) is 16.8 Å². The first-order valence-electron chi connectivity index (χ1n) is 11.9. The van der Waals surface area contributed by atoms with Gasteiger partial charge >= 0.3 is 0 Å². The standard InChI is InChI=1S/C29H27N5O2/c1-19-10-12-22(13-11-19)18-34-25(30)23(28(35)31-15-14-21-8-4-3-5-9-21)17-24-27(34)32-26-20(2)7-6-16-33(26)29(24)36/h3-13,16-17,30H,14-15,18H2,1-2H3,(H,31,35). The zero-order valence-corrected chi connectivity index (χ0v) is 20.3. The van der Waals surface area contributed by atoms with Crippen LogP contribution in [0.5, 0.6) is 0 Å². The maximum Gasteiger partial charge on any atom is 0.267 e. The Kier molecular flexibility index (Phi) is 6.21. The van der Waals surface area contributed by atoms with E-state index in [9.17, 15) is 9.59 Å². The number of aryl methyl sites for hydroxylation is 2. The van der Waals surface area contributed by atoms with Crippen LogP contribution in [0.25, 0.3) is 16.7 Å². The number of pyridine rings is 2. The molecule has 5 rings (SSSR count). The SMILES string of the molecule is Cc1ccc(Cn2c(=N)c(C(=O)NCCc3ccccc3)cc3c(=O)n4cccc(C)c4nc32)cc1. The van der Waals surface area contributed by atoms with Gasteiger partial charge in [-0.3, -0.25) is 19.4 Å². The molecule has 2 aromatic carbocycles. The van der Waals surface area contributed by atoms with Gasteiger partial charge in [-0.1, -0.05) is 66.2 Å². The van der Waals surface area contributed by atoms with Crippen molar-refractivity contribution in [1.82, 2.24) is 19.3 Å². The number of benzene rings is 2. The minimum atomic E-state index is -0.385. The van der Waals surface area contributed by atoms with Crippen molar-refractivity contribution in [3.63, 3.8) is 0 Å². The summed E-state index contributed by atoms with van der Waals surface area (Å²) >= 11 is 0. The number of rotatable bonds is 6. The number of aromatic nitrogens is 3. The van der Waals surface area contributed by atoms with Crippen molar-refractivity contribution in [2.45, 2.75) is 26.8 Å². The summed E-state index contributed by atoms with van der Waals surface area (Å²) in [5.41, 5.74) is 4.87. The molecule has 5 aromatic rings. The number of carbonyl (C=O) groups excluding carboxylic acids is 1. The van der Waals surface area contributed by atoms with E-state index < -0.39 is 0 Å². The number of carbonyl (C=O) groups is 1. The van der Waals surface area contributed by atoms with Crippen LogP contribution >= 0.6 is 0 Å². The maximum absolute atomic E-state index is 13.5. The van der Waals surface area contributed by atoms with Crippen LogP contribution < -0.4 is 16.4 Å². The van der Waals surface area contributed by atoms with Crippen molar-refractivity contribution in [1.29, 1.82) is 5.41 Å². The molecule has 2 N–H and O–H groups in total. The molecule has 0 saturated carbocycles. The lowest BCUT2D eigenvalue weighted by atomic mass is 10.1. The van der Waals surface area contributed by atoms with E-state index in [1.807, 2.05) is 74.5 Å². The summed E-state index contributed by atoms with van der Waals surface area (Å²) in [5, 5.41) is 12.2. The molecule has 1 amide bonds. The van der Waals surface area contributed by atoms with Crippen LogP contribution in [0.3, 0.4) is 0 Å². The first-order valence-corrected chi connectivity index (χ1v) is 11.9. The summed E-state index contributed by atoms with van der Waals surface area (Å²) in [6, 6.07) is 23.1. The molecule has 0 saturated heterocycles. The molecule has 0 bridgehead atoms. The molecule has 0 unspecified atom stereocenters. The first-order chi connectivity index (χ1) is 17.4. The monoisotopic (exact) mass is 477 g/mol. The fraction of sp³-hybridized carbons (Fsp3) is 0.172. The summed E-state index contributed by atoms with van der Waals surface area (Å²) in [5.74, 6) is -0.385. The molecule has 3 heterocycles. The van der Waals surface area contributed by atoms with Crippen molar-refractivity contribution in [3.05, 3.63) is 123 Å². The molecule has 7 nitrogen and oxygen atoms in total. The van der Waals surface area contributed by atoms with Crippen LogP contribution in [0.15, 0.2) is 83.8 Å². The highest BCUT2D eigenvalue weighted by Gasteiger charge is 2.18. The van der Waals surface area contributed by atoms with Gasteiger partial charge < -0.3 is 9.88 Å². The normalized spacial score (nSPS) is 11.2. The Bertz CT molecular complexity index is 1700. The Hall–Kier alpha value is -4.52. The van der Waals surface area contributed by atoms with Crippen LogP contribution in [-0.4, -0.2) is 26.4 Å². The quantitative estimate of drug-likeness (QED) is 0.365. The fourth-order valence-electron chi connectivity index (χ4n) is 4.36. The Morgan fingerprint density at radius 1 is 0.944 bits per heavy atom. The molecule has 0 aliphatic carbocycles. The number of nitrogens with zero attached hydrogens (tertiary/aromatic N) is 3. The molecule has 0 aliphatic rings. The van der Waals surface area contributed by atoms with Crippen molar-refractivity contribution in [2.75, 3.05) is 6.54 Å². The summed E-state index contributed by atoms with van der Waals surface area (Å²) < 4.78 is 3.15. The fourth-order valence-corrected chi connectivity index (χ4v) is 4.36. The van der Waals surface area contributed by atoms with Gasteiger partial charge in [-0.15, -0.1) is 0 Å². The van der Waals surface area contributed by atoms with Gasteiger partial charge in [0.15, 0.2) is 0 Å². The van der Waals surface area contributed by atoms with Crippen molar-refractivity contribution < 1.29 is 4.79 Å². The van der Waals surface area contributed by atoms with Gasteiger partial charge in [-0.25, -0.2) is 4.98 Å². The van der Waals surface area contributed by atoms with Gasteiger partial charge in [0, 0.05) is 12.7 Å². The number of hydrogen-bond donors (Lipinski definition) is 2. The molecule has 0 atom stereocenters. The topological polar surface area (TPSA) is 92.2 Å². The van der Waals surface area contributed by atoms with Crippen molar-refractivity contribution in [3.8, 4) is 0 Å². The highest BCUT2D eigenvalue weighted by Crippen LogP contribution is 2.15. The summed E-state index contributed by atoms with van der Waals surface area (Å²) in [7, 11) is 0. The van der Waals surface area contributed by atoms with E-state index in [2.05, 4.69) is 5.32 Å². The number of amides is 1.